The Labute approximate surface area is 321 Å². The van der Waals surface area contributed by atoms with Crippen LogP contribution in [-0.2, 0) is 20.9 Å². The van der Waals surface area contributed by atoms with Crippen LogP contribution in [0.3, 0.4) is 0 Å². The molecule has 6 rings (SSSR count). The van der Waals surface area contributed by atoms with Crippen molar-refractivity contribution < 1.29 is 33.4 Å². The second-order valence-corrected chi connectivity index (χ2v) is 15.8. The monoisotopic (exact) mass is 762 g/mol. The number of nitrogens with zero attached hydrogens (tertiary/aromatic N) is 5. The van der Waals surface area contributed by atoms with Gasteiger partial charge in [0, 0.05) is 51.2 Å². The molecule has 3 aliphatic rings. The first-order valence-electron chi connectivity index (χ1n) is 19.7. The number of aryl methyl sites for hydroxylation is 1. The highest BCUT2D eigenvalue weighted by Gasteiger charge is 2.38. The molecule has 0 radical (unpaired) electrons. The number of amides is 4. The van der Waals surface area contributed by atoms with Gasteiger partial charge in [-0.05, 0) is 94.0 Å². The van der Waals surface area contributed by atoms with Crippen LogP contribution in [0.5, 0.6) is 0 Å². The Bertz CT molecular complexity index is 1820. The van der Waals surface area contributed by atoms with E-state index in [2.05, 4.69) is 33.1 Å². The van der Waals surface area contributed by atoms with E-state index in [0.717, 1.165) is 25.7 Å². The molecule has 0 bridgehead atoms. The van der Waals surface area contributed by atoms with Crippen molar-refractivity contribution in [3.8, 4) is 0 Å². The highest BCUT2D eigenvalue weighted by molar-refractivity contribution is 6.01. The third-order valence-electron chi connectivity index (χ3n) is 11.8. The summed E-state index contributed by atoms with van der Waals surface area (Å²) in [5.41, 5.74) is 0.142. The van der Waals surface area contributed by atoms with Crippen molar-refractivity contribution in [1.82, 2.24) is 35.1 Å². The summed E-state index contributed by atoms with van der Waals surface area (Å²) in [6.45, 7) is 9.76. The lowest BCUT2D eigenvalue weighted by atomic mass is 9.79. The lowest BCUT2D eigenvalue weighted by molar-refractivity contribution is -0.137. The summed E-state index contributed by atoms with van der Waals surface area (Å²) in [6, 6.07) is 5.60. The molecular weight excluding hydrogens is 707 g/mol. The topological polar surface area (TPSA) is 173 Å². The Hall–Kier alpha value is -4.63. The summed E-state index contributed by atoms with van der Waals surface area (Å²) in [4.78, 5) is 56.9. The molecule has 4 amide bonds. The van der Waals surface area contributed by atoms with Crippen molar-refractivity contribution in [3.05, 3.63) is 65.5 Å². The zero-order chi connectivity index (χ0) is 39.3. The molecule has 3 aromatic rings. The predicted molar refractivity (Wildman–Crippen MR) is 203 cm³/mol. The molecule has 3 atom stereocenters. The van der Waals surface area contributed by atoms with E-state index in [1.54, 1.807) is 52.5 Å². The van der Waals surface area contributed by atoms with Crippen molar-refractivity contribution in [2.24, 2.45) is 11.8 Å². The highest BCUT2D eigenvalue weighted by atomic mass is 19.1. The molecule has 55 heavy (non-hydrogen) atoms. The van der Waals surface area contributed by atoms with Crippen LogP contribution in [0.15, 0.2) is 42.7 Å². The zero-order valence-corrected chi connectivity index (χ0v) is 32.3. The number of nitrogens with one attached hydrogen (secondary N) is 3. The number of anilines is 1. The normalized spacial score (nSPS) is 22.0. The van der Waals surface area contributed by atoms with Crippen LogP contribution in [0.4, 0.5) is 10.1 Å². The lowest BCUT2D eigenvalue weighted by Gasteiger charge is -2.38. The first-order valence-corrected chi connectivity index (χ1v) is 19.7. The molecule has 2 aliphatic heterocycles. The van der Waals surface area contributed by atoms with Crippen molar-refractivity contribution >= 4 is 29.3 Å². The van der Waals surface area contributed by atoms with E-state index in [1.165, 1.54) is 18.3 Å². The van der Waals surface area contributed by atoms with E-state index in [1.807, 2.05) is 6.92 Å². The van der Waals surface area contributed by atoms with Gasteiger partial charge in [0.05, 0.1) is 17.3 Å². The maximum atomic E-state index is 16.0. The fourth-order valence-corrected chi connectivity index (χ4v) is 8.06. The van der Waals surface area contributed by atoms with Crippen LogP contribution in [0.1, 0.15) is 118 Å². The van der Waals surface area contributed by atoms with Crippen LogP contribution in [0.25, 0.3) is 0 Å². The number of hydrogen-bond donors (Lipinski definition) is 4. The Morgan fingerprint density at radius 1 is 0.945 bits per heavy atom. The van der Waals surface area contributed by atoms with Gasteiger partial charge in [-0.15, -0.1) is 0 Å². The van der Waals surface area contributed by atoms with E-state index in [0.29, 0.717) is 81.4 Å². The Morgan fingerprint density at radius 3 is 2.27 bits per heavy atom. The minimum absolute atomic E-state index is 0.0216. The Morgan fingerprint density at radius 2 is 1.60 bits per heavy atom. The van der Waals surface area contributed by atoms with Gasteiger partial charge in [0.15, 0.2) is 0 Å². The molecule has 0 spiro atoms. The molecule has 298 valence electrons. The third-order valence-corrected chi connectivity index (χ3v) is 11.8. The highest BCUT2D eigenvalue weighted by Crippen LogP contribution is 2.32. The summed E-state index contributed by atoms with van der Waals surface area (Å²) < 4.78 is 24.7. The van der Waals surface area contributed by atoms with Gasteiger partial charge in [0.1, 0.15) is 29.3 Å². The molecule has 4 N–H and O–H groups in total. The Balaban J connectivity index is 1.21. The molecule has 4 heterocycles. The van der Waals surface area contributed by atoms with Crippen molar-refractivity contribution in [3.63, 3.8) is 0 Å². The van der Waals surface area contributed by atoms with E-state index in [9.17, 15) is 24.3 Å². The van der Waals surface area contributed by atoms with Gasteiger partial charge >= 0.3 is 0 Å². The number of benzene rings is 1. The van der Waals surface area contributed by atoms with Gasteiger partial charge in [-0.3, -0.25) is 28.5 Å². The molecule has 15 heteroatoms. The summed E-state index contributed by atoms with van der Waals surface area (Å²) in [5.74, 6) is -2.76. The first-order chi connectivity index (χ1) is 26.3. The standard InChI is InChI=1S/C40H55FN8O6/c1-5-48-32(12-18-42-48)36(50)46-35(27-8-6-25(2)7-9-27)38(52)44-31-11-10-28(24-30(31)41)26(3)34(39(53)47-20-16-40(4,54)17-21-47)45-37(51)33-13-19-43-49(33)29-14-22-55-23-15-29/h10-13,18-19,24-27,29,34-35,54H,5-9,14-17,20-23H2,1-4H3,(H,44,52)(H,45,51)(H,46,50)/t25?,26-,27?,34-,35+/m1/s1. The van der Waals surface area contributed by atoms with E-state index >= 15 is 4.39 Å². The van der Waals surface area contributed by atoms with Crippen molar-refractivity contribution in [1.29, 1.82) is 0 Å². The number of likely N-dealkylation sites (tertiary alicyclic amines) is 1. The smallest absolute Gasteiger partial charge is 0.270 e. The fourth-order valence-electron chi connectivity index (χ4n) is 8.06. The number of aromatic nitrogens is 4. The summed E-state index contributed by atoms with van der Waals surface area (Å²) in [7, 11) is 0. The molecule has 2 aromatic heterocycles. The quantitative estimate of drug-likeness (QED) is 0.210. The van der Waals surface area contributed by atoms with Gasteiger partial charge in [-0.1, -0.05) is 32.8 Å². The molecular formula is C40H55FN8O6. The van der Waals surface area contributed by atoms with Crippen molar-refractivity contribution in [2.75, 3.05) is 31.6 Å². The number of halogens is 1. The fraction of sp³-hybridized carbons (Fsp3) is 0.600. The molecule has 0 unspecified atom stereocenters. The number of rotatable bonds is 12. The average Bonchev–Trinajstić information content (AvgIpc) is 3.88. The zero-order valence-electron chi connectivity index (χ0n) is 32.3. The average molecular weight is 763 g/mol. The molecule has 1 aromatic carbocycles. The minimum Gasteiger partial charge on any atom is -0.390 e. The maximum Gasteiger partial charge on any atom is 0.270 e. The predicted octanol–water partition coefficient (Wildman–Crippen LogP) is 4.43. The van der Waals surface area contributed by atoms with E-state index in [-0.39, 0.29) is 23.6 Å². The van der Waals surface area contributed by atoms with Crippen LogP contribution in [0, 0.1) is 17.7 Å². The summed E-state index contributed by atoms with van der Waals surface area (Å²) >= 11 is 0. The van der Waals surface area contributed by atoms with Crippen LogP contribution in [-0.4, -0.2) is 97.2 Å². The van der Waals surface area contributed by atoms with Crippen LogP contribution < -0.4 is 16.0 Å². The van der Waals surface area contributed by atoms with Crippen LogP contribution >= 0.6 is 0 Å². The number of hydrogen-bond acceptors (Lipinski definition) is 8. The molecule has 1 aliphatic carbocycles. The number of carbonyl (C=O) groups is 4. The molecule has 14 nitrogen and oxygen atoms in total. The number of carbonyl (C=O) groups excluding carboxylic acids is 4. The maximum absolute atomic E-state index is 16.0. The molecule has 2 saturated heterocycles. The van der Waals surface area contributed by atoms with E-state index in [4.69, 9.17) is 4.74 Å². The minimum atomic E-state index is -1.07. The number of aliphatic hydroxyl groups is 1. The SMILES string of the molecule is CCn1nccc1C(=O)N[C@H](C(=O)Nc1ccc([C@@H](C)[C@@H](NC(=O)c2ccnn2C2CCOCC2)C(=O)N2CCC(C)(O)CC2)cc1F)C1CCC(C)CC1. The first kappa shape index (κ1) is 40.0. The van der Waals surface area contributed by atoms with Gasteiger partial charge in [-0.2, -0.15) is 10.2 Å². The van der Waals surface area contributed by atoms with Gasteiger partial charge in [-0.25, -0.2) is 4.39 Å². The van der Waals surface area contributed by atoms with Crippen LogP contribution in [0.2, 0.25) is 0 Å². The number of piperidine rings is 1. The van der Waals surface area contributed by atoms with Gasteiger partial charge < -0.3 is 30.7 Å². The summed E-state index contributed by atoms with van der Waals surface area (Å²) in [5, 5.41) is 27.7. The molecule has 3 fully saturated rings. The second kappa shape index (κ2) is 17.4. The summed E-state index contributed by atoms with van der Waals surface area (Å²) in [6.07, 6.45) is 8.61. The largest absolute Gasteiger partial charge is 0.390 e. The third kappa shape index (κ3) is 9.43. The number of ether oxygens (including phenoxy) is 1. The molecule has 1 saturated carbocycles. The Kier molecular flexibility index (Phi) is 12.7. The van der Waals surface area contributed by atoms with E-state index < -0.39 is 47.1 Å². The van der Waals surface area contributed by atoms with Gasteiger partial charge in [0.2, 0.25) is 11.8 Å². The lowest BCUT2D eigenvalue weighted by Crippen LogP contribution is -2.54. The van der Waals surface area contributed by atoms with Crippen molar-refractivity contribution in [2.45, 2.75) is 115 Å². The second-order valence-electron chi connectivity index (χ2n) is 15.8. The van der Waals surface area contributed by atoms with Gasteiger partial charge in [0.25, 0.3) is 11.8 Å².